The molecule has 0 rings (SSSR count). The van der Waals surface area contributed by atoms with Gasteiger partial charge in [-0.2, -0.15) is 4.31 Å². The smallest absolute Gasteiger partial charge is 0.237 e. The lowest BCUT2D eigenvalue weighted by molar-refractivity contribution is -0.128. The lowest BCUT2D eigenvalue weighted by atomic mass is 10.4. The first-order valence-corrected chi connectivity index (χ1v) is 7.16. The highest BCUT2D eigenvalue weighted by atomic mass is 32.2. The zero-order valence-corrected chi connectivity index (χ0v) is 11.8. The maximum absolute atomic E-state index is 12.1. The lowest BCUT2D eigenvalue weighted by Crippen LogP contribution is -2.45. The Morgan fingerprint density at radius 3 is 2.24 bits per heavy atom. The van der Waals surface area contributed by atoms with Gasteiger partial charge in [-0.1, -0.05) is 6.92 Å². The molecule has 17 heavy (non-hydrogen) atoms. The van der Waals surface area contributed by atoms with Crippen LogP contribution in [0, 0.1) is 0 Å². The number of sulfonamides is 1. The minimum Gasteiger partial charge on any atom is -0.348 e. The first kappa shape index (κ1) is 16.3. The third-order valence-corrected chi connectivity index (χ3v) is 4.72. The molecule has 0 saturated carbocycles. The number of nitrogens with zero attached hydrogens (tertiary/aromatic N) is 2. The van der Waals surface area contributed by atoms with Crippen molar-refractivity contribution in [1.29, 1.82) is 0 Å². The van der Waals surface area contributed by atoms with Gasteiger partial charge in [-0.25, -0.2) is 8.42 Å². The Balaban J connectivity index is 4.91. The number of carbonyl (C=O) groups is 1. The average Bonchev–Trinajstić information content (AvgIpc) is 2.26. The molecule has 0 aliphatic carbocycles. The second-order valence-electron chi connectivity index (χ2n) is 4.21. The highest BCUT2D eigenvalue weighted by molar-refractivity contribution is 7.89. The molecule has 1 atom stereocenters. The minimum atomic E-state index is -3.48. The predicted molar refractivity (Wildman–Crippen MR) is 68.0 cm³/mol. The van der Waals surface area contributed by atoms with E-state index in [4.69, 9.17) is 5.73 Å². The van der Waals surface area contributed by atoms with Crippen LogP contribution in [0.3, 0.4) is 0 Å². The largest absolute Gasteiger partial charge is 0.348 e. The number of hydrogen-bond acceptors (Lipinski definition) is 4. The van der Waals surface area contributed by atoms with Crippen molar-refractivity contribution in [2.75, 3.05) is 33.7 Å². The Morgan fingerprint density at radius 2 is 1.88 bits per heavy atom. The molecule has 0 aromatic heterocycles. The van der Waals surface area contributed by atoms with Crippen LogP contribution in [-0.2, 0) is 14.8 Å². The van der Waals surface area contributed by atoms with Crippen LogP contribution < -0.4 is 5.73 Å². The molecule has 0 radical (unpaired) electrons. The number of rotatable bonds is 7. The molecule has 0 aromatic carbocycles. The molecule has 0 heterocycles. The average molecular weight is 265 g/mol. The Morgan fingerprint density at radius 1 is 1.35 bits per heavy atom. The number of nitrogens with two attached hydrogens (primary N) is 1. The van der Waals surface area contributed by atoms with Crippen molar-refractivity contribution in [3.05, 3.63) is 0 Å². The molecule has 0 aromatic rings. The molecular weight excluding hydrogens is 242 g/mol. The van der Waals surface area contributed by atoms with Gasteiger partial charge in [0.1, 0.15) is 0 Å². The van der Waals surface area contributed by atoms with Gasteiger partial charge >= 0.3 is 0 Å². The summed E-state index contributed by atoms with van der Waals surface area (Å²) in [5, 5.41) is -0.663. The van der Waals surface area contributed by atoms with Crippen molar-refractivity contribution < 1.29 is 13.2 Å². The molecule has 0 aliphatic rings. The fourth-order valence-corrected chi connectivity index (χ4v) is 2.69. The van der Waals surface area contributed by atoms with Crippen LogP contribution in [0.25, 0.3) is 0 Å². The normalized spacial score (nSPS) is 13.8. The summed E-state index contributed by atoms with van der Waals surface area (Å²) in [5.41, 5.74) is 5.38. The Kier molecular flexibility index (Phi) is 6.66. The summed E-state index contributed by atoms with van der Waals surface area (Å²) in [4.78, 5) is 13.0. The molecule has 0 fully saturated rings. The van der Waals surface area contributed by atoms with E-state index in [1.165, 1.54) is 9.21 Å². The van der Waals surface area contributed by atoms with Gasteiger partial charge in [-0.05, 0) is 13.3 Å². The number of hydrogen-bond donors (Lipinski definition) is 1. The first-order valence-electron chi connectivity index (χ1n) is 5.66. The number of carbonyl (C=O) groups excluding carboxylic acids is 1. The van der Waals surface area contributed by atoms with Crippen molar-refractivity contribution in [2.24, 2.45) is 5.73 Å². The fourth-order valence-electron chi connectivity index (χ4n) is 1.21. The summed E-state index contributed by atoms with van der Waals surface area (Å²) in [6.07, 6.45) is 0.664. The minimum absolute atomic E-state index is 0.0543. The molecule has 0 saturated heterocycles. The van der Waals surface area contributed by atoms with Crippen molar-refractivity contribution in [3.8, 4) is 0 Å². The van der Waals surface area contributed by atoms with Gasteiger partial charge in [0.25, 0.3) is 0 Å². The molecule has 1 unspecified atom stereocenters. The van der Waals surface area contributed by atoms with Crippen molar-refractivity contribution in [1.82, 2.24) is 9.21 Å². The molecular formula is C10H23N3O3S. The zero-order chi connectivity index (χ0) is 13.6. The predicted octanol–water partition coefficient (Wildman–Crippen LogP) is -0.536. The standard InChI is InChI=1S/C10H23N3O3S/c1-5-6-13(8-10(14)12(3)4)17(15,16)9(2)7-11/h9H,5-8,11H2,1-4H3. The van der Waals surface area contributed by atoms with Crippen LogP contribution in [-0.4, -0.2) is 62.5 Å². The summed E-state index contributed by atoms with van der Waals surface area (Å²) >= 11 is 0. The summed E-state index contributed by atoms with van der Waals surface area (Å²) in [6.45, 7) is 3.70. The topological polar surface area (TPSA) is 83.7 Å². The van der Waals surface area contributed by atoms with Gasteiger partial charge in [0.2, 0.25) is 15.9 Å². The molecule has 0 bridgehead atoms. The van der Waals surface area contributed by atoms with Gasteiger partial charge in [0.15, 0.2) is 0 Å². The van der Waals surface area contributed by atoms with E-state index in [0.717, 1.165) is 0 Å². The molecule has 0 spiro atoms. The molecule has 0 aliphatic heterocycles. The highest BCUT2D eigenvalue weighted by Crippen LogP contribution is 2.09. The zero-order valence-electron chi connectivity index (χ0n) is 11.0. The van der Waals surface area contributed by atoms with Gasteiger partial charge in [0, 0.05) is 27.2 Å². The van der Waals surface area contributed by atoms with E-state index in [-0.39, 0.29) is 19.0 Å². The van der Waals surface area contributed by atoms with Crippen molar-refractivity contribution in [2.45, 2.75) is 25.5 Å². The molecule has 6 nitrogen and oxygen atoms in total. The fraction of sp³-hybridized carbons (Fsp3) is 0.900. The molecule has 7 heteroatoms. The van der Waals surface area contributed by atoms with Crippen LogP contribution in [0.4, 0.5) is 0 Å². The van der Waals surface area contributed by atoms with Gasteiger partial charge in [-0.15, -0.1) is 0 Å². The van der Waals surface area contributed by atoms with Crippen molar-refractivity contribution >= 4 is 15.9 Å². The molecule has 1 amide bonds. The van der Waals surface area contributed by atoms with E-state index >= 15 is 0 Å². The monoisotopic (exact) mass is 265 g/mol. The van der Waals surface area contributed by atoms with Gasteiger partial charge < -0.3 is 10.6 Å². The summed E-state index contributed by atoms with van der Waals surface area (Å²) < 4.78 is 25.4. The van der Waals surface area contributed by atoms with E-state index in [9.17, 15) is 13.2 Å². The number of amides is 1. The van der Waals surface area contributed by atoms with E-state index in [0.29, 0.717) is 13.0 Å². The van der Waals surface area contributed by atoms with Crippen LogP contribution in [0.5, 0.6) is 0 Å². The van der Waals surface area contributed by atoms with E-state index in [2.05, 4.69) is 0 Å². The Bertz CT molecular complexity index is 341. The second kappa shape index (κ2) is 6.93. The van der Waals surface area contributed by atoms with E-state index < -0.39 is 15.3 Å². The summed E-state index contributed by atoms with van der Waals surface area (Å²) in [6, 6.07) is 0. The van der Waals surface area contributed by atoms with E-state index in [1.807, 2.05) is 6.92 Å². The van der Waals surface area contributed by atoms with Crippen LogP contribution in [0.15, 0.2) is 0 Å². The third kappa shape index (κ3) is 4.61. The lowest BCUT2D eigenvalue weighted by Gasteiger charge is -2.25. The van der Waals surface area contributed by atoms with Crippen LogP contribution in [0.1, 0.15) is 20.3 Å². The summed E-state index contributed by atoms with van der Waals surface area (Å²) in [5.74, 6) is -0.230. The SMILES string of the molecule is CCCN(CC(=O)N(C)C)S(=O)(=O)C(C)CN. The maximum atomic E-state index is 12.1. The Labute approximate surface area is 104 Å². The van der Waals surface area contributed by atoms with Gasteiger partial charge in [0.05, 0.1) is 11.8 Å². The summed E-state index contributed by atoms with van der Waals surface area (Å²) in [7, 11) is -0.276. The van der Waals surface area contributed by atoms with Crippen LogP contribution in [0.2, 0.25) is 0 Å². The second-order valence-corrected chi connectivity index (χ2v) is 6.56. The highest BCUT2D eigenvalue weighted by Gasteiger charge is 2.29. The van der Waals surface area contributed by atoms with Crippen molar-refractivity contribution in [3.63, 3.8) is 0 Å². The number of likely N-dealkylation sites (N-methyl/N-ethyl adjacent to an activating group) is 1. The Hall–Kier alpha value is -0.660. The van der Waals surface area contributed by atoms with Crippen LogP contribution >= 0.6 is 0 Å². The maximum Gasteiger partial charge on any atom is 0.237 e. The van der Waals surface area contributed by atoms with E-state index in [1.54, 1.807) is 21.0 Å². The van der Waals surface area contributed by atoms with Gasteiger partial charge in [-0.3, -0.25) is 4.79 Å². The first-order chi connectivity index (χ1) is 7.77. The quantitative estimate of drug-likeness (QED) is 0.670. The molecule has 2 N–H and O–H groups in total. The molecule has 102 valence electrons. The third-order valence-electron chi connectivity index (χ3n) is 2.48.